The number of aliphatic hydroxyl groups is 2. The SMILES string of the molecule is CSc1nc(N(C[C@@H](C)O)C[C@@H](C)O)c2sc3nc(CC(C)C)c4c(c3c2n1)CCC4. The molecule has 0 radical (unpaired) electrons. The van der Waals surface area contributed by atoms with E-state index in [1.807, 2.05) is 11.2 Å². The summed E-state index contributed by atoms with van der Waals surface area (Å²) in [6, 6.07) is 0. The normalized spacial score (nSPS) is 15.7. The maximum absolute atomic E-state index is 10.1. The zero-order valence-electron chi connectivity index (χ0n) is 19.0. The van der Waals surface area contributed by atoms with Crippen molar-refractivity contribution in [3.05, 3.63) is 16.8 Å². The molecule has 0 unspecified atom stereocenters. The molecule has 2 atom stereocenters. The molecule has 0 aliphatic heterocycles. The van der Waals surface area contributed by atoms with E-state index in [0.717, 1.165) is 40.1 Å². The number of aliphatic hydroxyl groups excluding tert-OH is 2. The van der Waals surface area contributed by atoms with Gasteiger partial charge in [-0.3, -0.25) is 0 Å². The fourth-order valence-corrected chi connectivity index (χ4v) is 6.10. The van der Waals surface area contributed by atoms with E-state index in [0.29, 0.717) is 24.2 Å². The summed E-state index contributed by atoms with van der Waals surface area (Å²) >= 11 is 3.17. The fraction of sp³-hybridized carbons (Fsp3) is 0.609. The number of nitrogens with zero attached hydrogens (tertiary/aromatic N) is 4. The maximum Gasteiger partial charge on any atom is 0.189 e. The Kier molecular flexibility index (Phi) is 6.72. The number of aryl methyl sites for hydroxylation is 1. The van der Waals surface area contributed by atoms with Crippen LogP contribution in [0.25, 0.3) is 20.4 Å². The van der Waals surface area contributed by atoms with E-state index in [9.17, 15) is 10.2 Å². The number of thioether (sulfide) groups is 1. The number of thiophene rings is 1. The highest BCUT2D eigenvalue weighted by atomic mass is 32.2. The summed E-state index contributed by atoms with van der Waals surface area (Å²) in [5.74, 6) is 1.35. The molecule has 0 amide bonds. The van der Waals surface area contributed by atoms with Crippen LogP contribution >= 0.6 is 23.1 Å². The monoisotopic (exact) mass is 460 g/mol. The second-order valence-corrected chi connectivity index (χ2v) is 10.8. The highest BCUT2D eigenvalue weighted by Gasteiger charge is 2.27. The van der Waals surface area contributed by atoms with Crippen LogP contribution in [0, 0.1) is 5.92 Å². The van der Waals surface area contributed by atoms with E-state index in [1.54, 1.807) is 25.2 Å². The van der Waals surface area contributed by atoms with Crippen molar-refractivity contribution in [2.75, 3.05) is 24.2 Å². The van der Waals surface area contributed by atoms with Gasteiger partial charge in [0.1, 0.15) is 4.83 Å². The van der Waals surface area contributed by atoms with Crippen molar-refractivity contribution < 1.29 is 10.2 Å². The highest BCUT2D eigenvalue weighted by molar-refractivity contribution is 7.98. The van der Waals surface area contributed by atoms with Gasteiger partial charge >= 0.3 is 0 Å². The van der Waals surface area contributed by atoms with Crippen LogP contribution in [0.1, 0.15) is 50.9 Å². The lowest BCUT2D eigenvalue weighted by atomic mass is 9.99. The number of aromatic nitrogens is 3. The number of pyridine rings is 1. The van der Waals surface area contributed by atoms with Crippen molar-refractivity contribution >= 4 is 49.3 Å². The average molecular weight is 461 g/mol. The number of fused-ring (bicyclic) bond motifs is 5. The Morgan fingerprint density at radius 3 is 2.29 bits per heavy atom. The van der Waals surface area contributed by atoms with Crippen LogP contribution in [0.15, 0.2) is 5.16 Å². The van der Waals surface area contributed by atoms with Crippen molar-refractivity contribution in [2.24, 2.45) is 5.92 Å². The standard InChI is InChI=1S/C23H32N4O2S2/c1-12(2)9-17-15-7-6-8-16(15)18-19-20(31-22(18)24-17)21(26-23(25-19)30-5)27(10-13(3)28)11-14(4)29/h12-14,28-29H,6-11H2,1-5H3/t13-,14-/m1/s1. The Morgan fingerprint density at radius 1 is 1.00 bits per heavy atom. The summed E-state index contributed by atoms with van der Waals surface area (Å²) in [5.41, 5.74) is 5.06. The van der Waals surface area contributed by atoms with Crippen LogP contribution < -0.4 is 4.90 Å². The molecule has 168 valence electrons. The third-order valence-corrected chi connectivity index (χ3v) is 7.25. The third-order valence-electron chi connectivity index (χ3n) is 5.63. The molecular formula is C23H32N4O2S2. The molecule has 0 aromatic carbocycles. The molecule has 1 aliphatic carbocycles. The van der Waals surface area contributed by atoms with Crippen molar-refractivity contribution in [1.29, 1.82) is 0 Å². The van der Waals surface area contributed by atoms with E-state index in [-0.39, 0.29) is 0 Å². The first-order valence-electron chi connectivity index (χ1n) is 11.1. The molecule has 0 saturated carbocycles. The molecule has 0 fully saturated rings. The van der Waals surface area contributed by atoms with Gasteiger partial charge in [-0.15, -0.1) is 11.3 Å². The summed E-state index contributed by atoms with van der Waals surface area (Å²) < 4.78 is 0.998. The van der Waals surface area contributed by atoms with Crippen molar-refractivity contribution in [3.63, 3.8) is 0 Å². The predicted octanol–water partition coefficient (Wildman–Crippen LogP) is 4.22. The van der Waals surface area contributed by atoms with Gasteiger partial charge in [0.2, 0.25) is 0 Å². The lowest BCUT2D eigenvalue weighted by molar-refractivity contribution is 0.178. The van der Waals surface area contributed by atoms with Gasteiger partial charge in [-0.2, -0.15) is 0 Å². The quantitative estimate of drug-likeness (QED) is 0.385. The second kappa shape index (κ2) is 9.17. The topological polar surface area (TPSA) is 82.4 Å². The van der Waals surface area contributed by atoms with Crippen LogP contribution in [0.5, 0.6) is 0 Å². The highest BCUT2D eigenvalue weighted by Crippen LogP contribution is 2.43. The summed E-state index contributed by atoms with van der Waals surface area (Å²) in [4.78, 5) is 17.9. The molecule has 6 nitrogen and oxygen atoms in total. The van der Waals surface area contributed by atoms with Gasteiger partial charge in [0.15, 0.2) is 11.0 Å². The molecule has 0 bridgehead atoms. The first kappa shape index (κ1) is 22.7. The van der Waals surface area contributed by atoms with Crippen LogP contribution in [-0.4, -0.2) is 56.7 Å². The molecule has 3 heterocycles. The molecule has 1 aliphatic rings. The Balaban J connectivity index is 1.99. The first-order chi connectivity index (χ1) is 14.8. The molecule has 0 spiro atoms. The number of hydrogen-bond donors (Lipinski definition) is 2. The van der Waals surface area contributed by atoms with E-state index in [1.165, 1.54) is 40.4 Å². The van der Waals surface area contributed by atoms with Gasteiger partial charge in [0, 0.05) is 24.2 Å². The van der Waals surface area contributed by atoms with Crippen molar-refractivity contribution in [1.82, 2.24) is 15.0 Å². The van der Waals surface area contributed by atoms with E-state index in [2.05, 4.69) is 13.8 Å². The van der Waals surface area contributed by atoms with Gasteiger partial charge in [0.05, 0.1) is 22.4 Å². The van der Waals surface area contributed by atoms with Crippen molar-refractivity contribution in [3.8, 4) is 0 Å². The maximum atomic E-state index is 10.1. The Morgan fingerprint density at radius 2 is 1.68 bits per heavy atom. The van der Waals surface area contributed by atoms with E-state index in [4.69, 9.17) is 15.0 Å². The molecule has 2 N–H and O–H groups in total. The molecule has 3 aromatic rings. The average Bonchev–Trinajstić information content (AvgIpc) is 3.29. The van der Waals surface area contributed by atoms with Crippen molar-refractivity contribution in [2.45, 2.75) is 70.7 Å². The van der Waals surface area contributed by atoms with Crippen LogP contribution in [0.2, 0.25) is 0 Å². The largest absolute Gasteiger partial charge is 0.392 e. The fourth-order valence-electron chi connectivity index (χ4n) is 4.56. The van der Waals surface area contributed by atoms with E-state index >= 15 is 0 Å². The minimum atomic E-state index is -0.532. The number of anilines is 1. The lowest BCUT2D eigenvalue weighted by Crippen LogP contribution is -2.37. The van der Waals surface area contributed by atoms with Gasteiger partial charge < -0.3 is 15.1 Å². The summed E-state index contributed by atoms with van der Waals surface area (Å²) in [7, 11) is 0. The third kappa shape index (κ3) is 4.53. The molecular weight excluding hydrogens is 428 g/mol. The van der Waals surface area contributed by atoms with E-state index < -0.39 is 12.2 Å². The smallest absolute Gasteiger partial charge is 0.189 e. The van der Waals surface area contributed by atoms with Gasteiger partial charge in [-0.05, 0) is 62.8 Å². The number of rotatable bonds is 8. The summed E-state index contributed by atoms with van der Waals surface area (Å²) in [6.45, 7) is 8.83. The van der Waals surface area contributed by atoms with Crippen LogP contribution in [0.3, 0.4) is 0 Å². The second-order valence-electron chi connectivity index (χ2n) is 9.06. The zero-order valence-corrected chi connectivity index (χ0v) is 20.6. The Bertz CT molecular complexity index is 1080. The van der Waals surface area contributed by atoms with Crippen LogP contribution in [-0.2, 0) is 19.3 Å². The predicted molar refractivity (Wildman–Crippen MR) is 131 cm³/mol. The van der Waals surface area contributed by atoms with Gasteiger partial charge in [0.25, 0.3) is 0 Å². The molecule has 3 aromatic heterocycles. The summed E-state index contributed by atoms with van der Waals surface area (Å²) in [5, 5.41) is 22.1. The lowest BCUT2D eigenvalue weighted by Gasteiger charge is -2.27. The zero-order chi connectivity index (χ0) is 22.3. The van der Waals surface area contributed by atoms with Gasteiger partial charge in [-0.25, -0.2) is 15.0 Å². The molecule has 8 heteroatoms. The number of hydrogen-bond acceptors (Lipinski definition) is 8. The summed E-state index contributed by atoms with van der Waals surface area (Å²) in [6.07, 6.45) is 5.26. The molecule has 4 rings (SSSR count). The Hall–Kier alpha value is -1.48. The van der Waals surface area contributed by atoms with Gasteiger partial charge in [-0.1, -0.05) is 25.6 Å². The Labute approximate surface area is 192 Å². The minimum absolute atomic E-state index is 0.406. The first-order valence-corrected chi connectivity index (χ1v) is 13.1. The minimum Gasteiger partial charge on any atom is -0.392 e. The molecule has 31 heavy (non-hydrogen) atoms. The van der Waals surface area contributed by atoms with Crippen LogP contribution in [0.4, 0.5) is 5.82 Å². The molecule has 0 saturated heterocycles.